The predicted octanol–water partition coefficient (Wildman–Crippen LogP) is 3.66. The largest absolute Gasteiger partial charge is 0.480 e. The highest BCUT2D eigenvalue weighted by Crippen LogP contribution is 2.39. The lowest BCUT2D eigenvalue weighted by molar-refractivity contribution is -0.151. The van der Waals surface area contributed by atoms with Crippen molar-refractivity contribution in [2.24, 2.45) is 5.41 Å². The molecule has 1 amide bonds. The topological polar surface area (TPSA) is 66.8 Å². The summed E-state index contributed by atoms with van der Waals surface area (Å²) in [5, 5.41) is 11.9. The van der Waals surface area contributed by atoms with Gasteiger partial charge in [0.1, 0.15) is 6.04 Å². The third-order valence-electron chi connectivity index (χ3n) is 6.21. The monoisotopic (exact) mass is 453 g/mol. The molecule has 32 heavy (non-hydrogen) atoms. The number of nitrogens with zero attached hydrogens (tertiary/aromatic N) is 1. The average Bonchev–Trinajstić information content (AvgIpc) is 3.15. The summed E-state index contributed by atoms with van der Waals surface area (Å²) < 4.78 is 7.09. The number of hydrogen-bond donors (Lipinski definition) is 1. The quantitative estimate of drug-likeness (QED) is 0.702. The predicted molar refractivity (Wildman–Crippen MR) is 130 cm³/mol. The van der Waals surface area contributed by atoms with Gasteiger partial charge in [0.05, 0.1) is 6.10 Å². The van der Waals surface area contributed by atoms with E-state index in [1.54, 1.807) is 0 Å². The van der Waals surface area contributed by atoms with Crippen molar-refractivity contribution in [3.8, 4) is 0 Å². The van der Waals surface area contributed by atoms with Gasteiger partial charge in [0.15, 0.2) is 0 Å². The van der Waals surface area contributed by atoms with E-state index in [4.69, 9.17) is 4.43 Å². The lowest BCUT2D eigenvalue weighted by Gasteiger charge is -2.44. The molecule has 1 aliphatic heterocycles. The molecular formula is C26H35NO4Si. The van der Waals surface area contributed by atoms with Crippen LogP contribution in [0, 0.1) is 5.41 Å². The fraction of sp³-hybridized carbons (Fsp3) is 0.462. The molecule has 2 aromatic rings. The summed E-state index contributed by atoms with van der Waals surface area (Å²) >= 11 is 0. The van der Waals surface area contributed by atoms with Gasteiger partial charge in [0, 0.05) is 18.4 Å². The van der Waals surface area contributed by atoms with Gasteiger partial charge in [0.2, 0.25) is 5.91 Å². The van der Waals surface area contributed by atoms with Crippen LogP contribution in [0.25, 0.3) is 0 Å². The second-order valence-electron chi connectivity index (χ2n) is 10.7. The number of benzene rings is 2. The second kappa shape index (κ2) is 8.83. The smallest absolute Gasteiger partial charge is 0.326 e. The molecule has 0 aliphatic carbocycles. The van der Waals surface area contributed by atoms with Crippen LogP contribution in [0.4, 0.5) is 0 Å². The van der Waals surface area contributed by atoms with Gasteiger partial charge in [-0.3, -0.25) is 4.79 Å². The lowest BCUT2D eigenvalue weighted by atomic mass is 9.94. The molecule has 0 spiro atoms. The number of hydrogen-bond acceptors (Lipinski definition) is 3. The Kier molecular flexibility index (Phi) is 6.68. The van der Waals surface area contributed by atoms with Crippen LogP contribution >= 0.6 is 0 Å². The zero-order valence-corrected chi connectivity index (χ0v) is 21.0. The van der Waals surface area contributed by atoms with Gasteiger partial charge in [-0.1, -0.05) is 102 Å². The summed E-state index contributed by atoms with van der Waals surface area (Å²) in [6, 6.07) is 19.7. The molecule has 172 valence electrons. The lowest BCUT2D eigenvalue weighted by Crippen LogP contribution is -2.67. The van der Waals surface area contributed by atoms with Gasteiger partial charge in [-0.15, -0.1) is 0 Å². The molecule has 0 saturated carbocycles. The normalized spacial score (nSPS) is 19.8. The molecule has 5 nitrogen and oxygen atoms in total. The first kappa shape index (κ1) is 24.2. The highest BCUT2D eigenvalue weighted by atomic mass is 28.4. The van der Waals surface area contributed by atoms with Crippen molar-refractivity contribution in [2.45, 2.75) is 65.1 Å². The molecule has 1 heterocycles. The summed E-state index contributed by atoms with van der Waals surface area (Å²) in [5.74, 6) is -1.13. The Labute approximate surface area is 192 Å². The Morgan fingerprint density at radius 3 is 1.75 bits per heavy atom. The summed E-state index contributed by atoms with van der Waals surface area (Å²) in [7, 11) is -2.82. The molecule has 1 fully saturated rings. The maximum atomic E-state index is 13.0. The van der Waals surface area contributed by atoms with E-state index < -0.39 is 25.7 Å². The first-order chi connectivity index (χ1) is 14.9. The Morgan fingerprint density at radius 1 is 0.906 bits per heavy atom. The van der Waals surface area contributed by atoms with E-state index in [0.29, 0.717) is 6.42 Å². The maximum Gasteiger partial charge on any atom is 0.326 e. The van der Waals surface area contributed by atoms with Gasteiger partial charge in [-0.05, 0) is 15.4 Å². The molecule has 3 rings (SSSR count). The van der Waals surface area contributed by atoms with Crippen molar-refractivity contribution in [3.63, 3.8) is 0 Å². The minimum absolute atomic E-state index is 0.154. The number of rotatable bonds is 5. The summed E-state index contributed by atoms with van der Waals surface area (Å²) in [6.45, 7) is 12.3. The molecule has 2 atom stereocenters. The third kappa shape index (κ3) is 4.52. The number of likely N-dealkylation sites (tertiary alicyclic amines) is 1. The Balaban J connectivity index is 2.08. The Hall–Kier alpha value is -2.44. The van der Waals surface area contributed by atoms with Crippen molar-refractivity contribution >= 4 is 30.6 Å². The number of carbonyl (C=O) groups is 2. The van der Waals surface area contributed by atoms with Gasteiger partial charge in [-0.25, -0.2) is 4.79 Å². The molecule has 6 heteroatoms. The standard InChI is InChI=1S/C26H35NO4Si/c1-25(2,3)24(30)27-18-19(17-22(27)23(28)29)31-32(26(4,5)6,20-13-9-7-10-14-20)21-15-11-8-12-16-21/h7-16,19,22H,17-18H2,1-6H3,(H,28,29)/t19-,22+/m0/s1. The Morgan fingerprint density at radius 2 is 1.38 bits per heavy atom. The molecular weight excluding hydrogens is 418 g/mol. The van der Waals surface area contributed by atoms with E-state index in [0.717, 1.165) is 10.4 Å². The van der Waals surface area contributed by atoms with Crippen LogP contribution in [0.1, 0.15) is 48.0 Å². The fourth-order valence-corrected chi connectivity index (χ4v) is 9.40. The minimum Gasteiger partial charge on any atom is -0.480 e. The van der Waals surface area contributed by atoms with E-state index in [1.807, 2.05) is 57.2 Å². The zero-order chi connectivity index (χ0) is 23.7. The zero-order valence-electron chi connectivity index (χ0n) is 20.0. The van der Waals surface area contributed by atoms with Crippen LogP contribution in [0.15, 0.2) is 60.7 Å². The van der Waals surface area contributed by atoms with E-state index in [2.05, 4.69) is 45.0 Å². The van der Waals surface area contributed by atoms with Gasteiger partial charge in [-0.2, -0.15) is 0 Å². The summed E-state index contributed by atoms with van der Waals surface area (Å²) in [5.41, 5.74) is -0.653. The Bertz CT molecular complexity index is 908. The number of carbonyl (C=O) groups excluding carboxylic acids is 1. The maximum absolute atomic E-state index is 13.0. The van der Waals surface area contributed by atoms with Crippen molar-refractivity contribution in [3.05, 3.63) is 60.7 Å². The van der Waals surface area contributed by atoms with E-state index in [-0.39, 0.29) is 23.6 Å². The van der Waals surface area contributed by atoms with E-state index in [9.17, 15) is 14.7 Å². The fourth-order valence-electron chi connectivity index (χ4n) is 4.71. The van der Waals surface area contributed by atoms with Crippen molar-refractivity contribution in [1.29, 1.82) is 0 Å². The molecule has 1 saturated heterocycles. The number of carboxylic acid groups (broad SMARTS) is 1. The highest BCUT2D eigenvalue weighted by molar-refractivity contribution is 6.99. The first-order valence-electron chi connectivity index (χ1n) is 11.2. The highest BCUT2D eigenvalue weighted by Gasteiger charge is 2.54. The van der Waals surface area contributed by atoms with Crippen LogP contribution in [-0.2, 0) is 14.0 Å². The number of carboxylic acids is 1. The van der Waals surface area contributed by atoms with Crippen LogP contribution < -0.4 is 10.4 Å². The van der Waals surface area contributed by atoms with Crippen LogP contribution in [-0.4, -0.2) is 48.9 Å². The van der Waals surface area contributed by atoms with Crippen LogP contribution in [0.5, 0.6) is 0 Å². The van der Waals surface area contributed by atoms with Crippen molar-refractivity contribution in [1.82, 2.24) is 4.90 Å². The van der Waals surface area contributed by atoms with Gasteiger partial charge >= 0.3 is 5.97 Å². The minimum atomic E-state index is -2.82. The first-order valence-corrected chi connectivity index (χ1v) is 13.1. The molecule has 1 aliphatic rings. The molecule has 0 unspecified atom stereocenters. The molecule has 0 bridgehead atoms. The van der Waals surface area contributed by atoms with Crippen molar-refractivity contribution < 1.29 is 19.1 Å². The average molecular weight is 454 g/mol. The number of aliphatic carboxylic acids is 1. The van der Waals surface area contributed by atoms with Crippen molar-refractivity contribution in [2.75, 3.05) is 6.54 Å². The molecule has 2 aromatic carbocycles. The number of amides is 1. The molecule has 0 radical (unpaired) electrons. The third-order valence-corrected chi connectivity index (χ3v) is 11.3. The van der Waals surface area contributed by atoms with E-state index in [1.165, 1.54) is 4.90 Å². The summed E-state index contributed by atoms with van der Waals surface area (Å²) in [4.78, 5) is 26.6. The molecule has 0 aromatic heterocycles. The van der Waals surface area contributed by atoms with Crippen LogP contribution in [0.2, 0.25) is 5.04 Å². The van der Waals surface area contributed by atoms with E-state index >= 15 is 0 Å². The van der Waals surface area contributed by atoms with Crippen LogP contribution in [0.3, 0.4) is 0 Å². The SMILES string of the molecule is CC(C)(C)C(=O)N1C[C@@H](O[Si](c2ccccc2)(c2ccccc2)C(C)(C)C)C[C@@H]1C(=O)O. The second-order valence-corrected chi connectivity index (χ2v) is 15.0. The summed E-state index contributed by atoms with van der Waals surface area (Å²) in [6.07, 6.45) is -0.0597. The van der Waals surface area contributed by atoms with Gasteiger partial charge in [0.25, 0.3) is 8.32 Å². The van der Waals surface area contributed by atoms with Gasteiger partial charge < -0.3 is 14.4 Å². The molecule has 1 N–H and O–H groups in total.